The molecule has 0 unspecified atom stereocenters. The first-order valence-corrected chi connectivity index (χ1v) is 9.79. The van der Waals surface area contributed by atoms with Gasteiger partial charge in [0.1, 0.15) is 0 Å². The molecule has 0 fully saturated rings. The largest absolute Gasteiger partial charge is 0.368 e. The van der Waals surface area contributed by atoms with Crippen LogP contribution < -0.4 is 4.90 Å². The van der Waals surface area contributed by atoms with Crippen LogP contribution in [0.1, 0.15) is 26.7 Å². The third-order valence-electron chi connectivity index (χ3n) is 3.66. The highest BCUT2D eigenvalue weighted by Gasteiger charge is 2.19. The van der Waals surface area contributed by atoms with Gasteiger partial charge in [0.25, 0.3) is 0 Å². The van der Waals surface area contributed by atoms with E-state index in [0.29, 0.717) is 10.9 Å². The molecule has 0 N–H and O–H groups in total. The van der Waals surface area contributed by atoms with E-state index in [1.54, 1.807) is 26.2 Å². The highest BCUT2D eigenvalue weighted by molar-refractivity contribution is 9.09. The Balaban J connectivity index is 3.09. The normalized spacial score (nSPS) is 12.1. The fraction of sp³-hybridized carbons (Fsp3) is 0.600. The van der Waals surface area contributed by atoms with E-state index in [1.807, 2.05) is 12.1 Å². The van der Waals surface area contributed by atoms with E-state index in [4.69, 9.17) is 0 Å². The average molecular weight is 377 g/mol. The Morgan fingerprint density at radius 2 is 1.62 bits per heavy atom. The Kier molecular flexibility index (Phi) is 7.16. The summed E-state index contributed by atoms with van der Waals surface area (Å²) in [5.74, 6) is 0. The third-order valence-corrected chi connectivity index (χ3v) is 5.84. The van der Waals surface area contributed by atoms with Crippen molar-refractivity contribution in [2.75, 3.05) is 30.9 Å². The Morgan fingerprint density at radius 1 is 1.10 bits per heavy atom. The zero-order chi connectivity index (χ0) is 16.0. The minimum atomic E-state index is -3.36. The molecule has 120 valence electrons. The Morgan fingerprint density at radius 3 is 2.00 bits per heavy atom. The molecule has 0 bridgehead atoms. The second kappa shape index (κ2) is 8.15. The number of hydrogen-bond donors (Lipinski definition) is 0. The second-order valence-corrected chi connectivity index (χ2v) is 8.08. The lowest BCUT2D eigenvalue weighted by molar-refractivity contribution is 0.520. The summed E-state index contributed by atoms with van der Waals surface area (Å²) in [4.78, 5) is 2.67. The summed E-state index contributed by atoms with van der Waals surface area (Å²) in [7, 11) is -0.265. The van der Waals surface area contributed by atoms with E-state index in [1.165, 1.54) is 4.31 Å². The molecule has 0 aliphatic carbocycles. The van der Waals surface area contributed by atoms with Crippen molar-refractivity contribution < 1.29 is 8.42 Å². The van der Waals surface area contributed by atoms with E-state index in [0.717, 1.165) is 30.4 Å². The van der Waals surface area contributed by atoms with Gasteiger partial charge in [-0.05, 0) is 37.1 Å². The lowest BCUT2D eigenvalue weighted by atomic mass is 10.1. The molecule has 1 aromatic rings. The summed E-state index contributed by atoms with van der Waals surface area (Å²) < 4.78 is 25.4. The molecule has 0 saturated carbocycles. The maximum Gasteiger partial charge on any atom is 0.242 e. The number of halogens is 1. The maximum atomic E-state index is 12.1. The first-order chi connectivity index (χ1) is 9.88. The topological polar surface area (TPSA) is 40.6 Å². The van der Waals surface area contributed by atoms with Gasteiger partial charge in [0.2, 0.25) is 10.0 Å². The van der Waals surface area contributed by atoms with Gasteiger partial charge in [-0.1, -0.05) is 29.8 Å². The SMILES string of the molecule is CCC(CC)N(CCBr)c1ccc(S(=O)(=O)N(C)C)cc1. The van der Waals surface area contributed by atoms with E-state index in [-0.39, 0.29) is 0 Å². The average Bonchev–Trinajstić information content (AvgIpc) is 2.47. The molecule has 6 heteroatoms. The van der Waals surface area contributed by atoms with Crippen LogP contribution in [0.2, 0.25) is 0 Å². The highest BCUT2D eigenvalue weighted by Crippen LogP contribution is 2.23. The summed E-state index contributed by atoms with van der Waals surface area (Å²) in [6.07, 6.45) is 2.14. The number of alkyl halides is 1. The van der Waals surface area contributed by atoms with Crippen molar-refractivity contribution in [2.24, 2.45) is 0 Å². The van der Waals surface area contributed by atoms with E-state index >= 15 is 0 Å². The standard InChI is InChI=1S/C15H25BrN2O2S/c1-5-13(6-2)18(12-11-16)14-7-9-15(10-8-14)21(19,20)17(3)4/h7-10,13H,5-6,11-12H2,1-4H3. The molecule has 0 radical (unpaired) electrons. The van der Waals surface area contributed by atoms with Gasteiger partial charge >= 0.3 is 0 Å². The zero-order valence-electron chi connectivity index (χ0n) is 13.2. The molecule has 0 heterocycles. The van der Waals surface area contributed by atoms with Crippen LogP contribution in [0.5, 0.6) is 0 Å². The van der Waals surface area contributed by atoms with Crippen LogP contribution >= 0.6 is 15.9 Å². The predicted octanol–water partition coefficient (Wildman–Crippen LogP) is 3.33. The second-order valence-electron chi connectivity index (χ2n) is 5.13. The molecule has 0 aliphatic rings. The van der Waals surface area contributed by atoms with Crippen molar-refractivity contribution in [2.45, 2.75) is 37.6 Å². The molecule has 0 saturated heterocycles. The van der Waals surface area contributed by atoms with Crippen LogP contribution in [0.25, 0.3) is 0 Å². The van der Waals surface area contributed by atoms with Gasteiger partial charge in [0.15, 0.2) is 0 Å². The van der Waals surface area contributed by atoms with Crippen molar-refractivity contribution in [3.8, 4) is 0 Å². The van der Waals surface area contributed by atoms with Gasteiger partial charge < -0.3 is 4.90 Å². The molecule has 0 amide bonds. The van der Waals surface area contributed by atoms with Crippen molar-refractivity contribution in [1.82, 2.24) is 4.31 Å². The minimum Gasteiger partial charge on any atom is -0.368 e. The molecule has 0 aromatic heterocycles. The first-order valence-electron chi connectivity index (χ1n) is 7.23. The number of anilines is 1. The minimum absolute atomic E-state index is 0.333. The summed E-state index contributed by atoms with van der Waals surface area (Å²) in [6, 6.07) is 7.65. The molecular formula is C15H25BrN2O2S. The number of rotatable bonds is 8. The van der Waals surface area contributed by atoms with Crippen molar-refractivity contribution in [3.63, 3.8) is 0 Å². The Hall–Kier alpha value is -0.590. The molecule has 0 spiro atoms. The smallest absolute Gasteiger partial charge is 0.242 e. The Labute approximate surface area is 137 Å². The summed E-state index contributed by atoms with van der Waals surface area (Å²) in [5.41, 5.74) is 1.07. The highest BCUT2D eigenvalue weighted by atomic mass is 79.9. The number of hydrogen-bond acceptors (Lipinski definition) is 3. The number of benzene rings is 1. The quantitative estimate of drug-likeness (QED) is 0.653. The molecule has 1 rings (SSSR count). The van der Waals surface area contributed by atoms with Crippen LogP contribution in [0.3, 0.4) is 0 Å². The molecule has 1 aromatic carbocycles. The number of nitrogens with zero attached hydrogens (tertiary/aromatic N) is 2. The fourth-order valence-corrected chi connectivity index (χ4v) is 3.65. The lowest BCUT2D eigenvalue weighted by Gasteiger charge is -2.32. The first kappa shape index (κ1) is 18.5. The van der Waals surface area contributed by atoms with Gasteiger partial charge in [-0.25, -0.2) is 12.7 Å². The maximum absolute atomic E-state index is 12.1. The van der Waals surface area contributed by atoms with Gasteiger partial charge in [-0.3, -0.25) is 0 Å². The molecule has 4 nitrogen and oxygen atoms in total. The van der Waals surface area contributed by atoms with Gasteiger partial charge in [-0.15, -0.1) is 0 Å². The van der Waals surface area contributed by atoms with Gasteiger partial charge in [0, 0.05) is 37.7 Å². The van der Waals surface area contributed by atoms with Crippen LogP contribution in [0.15, 0.2) is 29.2 Å². The van der Waals surface area contributed by atoms with Gasteiger partial charge in [0.05, 0.1) is 4.90 Å². The van der Waals surface area contributed by atoms with Crippen molar-refractivity contribution in [3.05, 3.63) is 24.3 Å². The predicted molar refractivity (Wildman–Crippen MR) is 92.8 cm³/mol. The van der Waals surface area contributed by atoms with Crippen molar-refractivity contribution in [1.29, 1.82) is 0 Å². The van der Waals surface area contributed by atoms with Crippen molar-refractivity contribution >= 4 is 31.6 Å². The summed E-state index contributed by atoms with van der Waals surface area (Å²) in [5, 5.41) is 0.890. The fourth-order valence-electron chi connectivity index (χ4n) is 2.36. The molecule has 21 heavy (non-hydrogen) atoms. The van der Waals surface area contributed by atoms with E-state index < -0.39 is 10.0 Å². The van der Waals surface area contributed by atoms with E-state index in [2.05, 4.69) is 34.7 Å². The summed E-state index contributed by atoms with van der Waals surface area (Å²) >= 11 is 3.50. The van der Waals surface area contributed by atoms with Gasteiger partial charge in [-0.2, -0.15) is 0 Å². The monoisotopic (exact) mass is 376 g/mol. The Bertz CT molecular complexity index is 525. The van der Waals surface area contributed by atoms with E-state index in [9.17, 15) is 8.42 Å². The zero-order valence-corrected chi connectivity index (χ0v) is 15.6. The third kappa shape index (κ3) is 4.44. The molecule has 0 atom stereocenters. The summed E-state index contributed by atoms with van der Waals surface area (Å²) in [6.45, 7) is 5.27. The molecule has 0 aliphatic heterocycles. The number of sulfonamides is 1. The van der Waals surface area contributed by atoms with Crippen LogP contribution in [0.4, 0.5) is 5.69 Å². The molecular weight excluding hydrogens is 352 g/mol. The van der Waals surface area contributed by atoms with Crippen LogP contribution in [0, 0.1) is 0 Å². The lowest BCUT2D eigenvalue weighted by Crippen LogP contribution is -2.36. The van der Waals surface area contributed by atoms with Crippen LogP contribution in [-0.2, 0) is 10.0 Å². The van der Waals surface area contributed by atoms with Crippen LogP contribution in [-0.4, -0.2) is 44.7 Å².